The Bertz CT molecular complexity index is 11500. The highest BCUT2D eigenvalue weighted by molar-refractivity contribution is 6.35. The molecular formula is C132H76N12. The van der Waals surface area contributed by atoms with Crippen molar-refractivity contribution < 1.29 is 0 Å². The maximum atomic E-state index is 5.54. The van der Waals surface area contributed by atoms with Gasteiger partial charge in [-0.15, -0.1) is 0 Å². The normalized spacial score (nSPS) is 12.3. The minimum absolute atomic E-state index is 0.662. The molecule has 12 nitrogen and oxygen atoms in total. The standard InChI is InChI=1S/C48H28N4.2C42H24N4/c1-2-12-29(13-3-1)31-15-8-16-32(28-31)45-38-27-26-30-14-4-5-17-33(30)46(38)50-48(49-45)52-40-23-10-19-35-37-21-9-20-36-34-18-6-7-22-39(34)51(47(36)37)41-24-11-25-42(52)44(41)43(35)40;1-2-12-26(13-3-1)39-42(43-32-24-23-25-11-4-5-14-27(25)40(32)44-39)46-34-20-9-16-29-31-18-8-17-30-28-15-6-7-19-33(28)45(41(30)31)35-21-10-22-36(46)38(35)37(29)34;1-2-12-26(13-3-1)39-42(44-40-27-14-5-4-11-25(27)23-24-32(40)43-39)46-34-20-9-16-29-31-18-8-17-30-28-15-6-7-19-33(28)45(41(30)31)35-21-10-22-36(46)38(35)37(29)34/h1-28H;2*1-24H. The lowest BCUT2D eigenvalue weighted by molar-refractivity contribution is 1.02. The summed E-state index contributed by atoms with van der Waals surface area (Å²) in [5, 5.41) is 30.3. The monoisotopic (exact) mass is 1830 g/mol. The second-order valence-electron chi connectivity index (χ2n) is 38.1. The fraction of sp³-hybridized carbons (Fsp3) is 0. The number of para-hydroxylation sites is 6. The first-order valence-electron chi connectivity index (χ1n) is 49.2. The number of fused-ring (bicyclic) bond motifs is 24. The van der Waals surface area contributed by atoms with Crippen LogP contribution in [0.1, 0.15) is 0 Å². The highest BCUT2D eigenvalue weighted by Gasteiger charge is 2.31. The molecule has 12 aromatic heterocycles. The van der Waals surface area contributed by atoms with Crippen LogP contribution in [-0.4, -0.2) is 56.8 Å². The van der Waals surface area contributed by atoms with Gasteiger partial charge in [0.2, 0.25) is 5.95 Å². The highest BCUT2D eigenvalue weighted by atomic mass is 15.2. The van der Waals surface area contributed by atoms with Gasteiger partial charge in [0.05, 0.1) is 116 Å². The van der Waals surface area contributed by atoms with Crippen molar-refractivity contribution in [3.8, 4) is 62.5 Å². The summed E-state index contributed by atoms with van der Waals surface area (Å²) in [5.41, 5.74) is 30.3. The molecule has 0 N–H and O–H groups in total. The fourth-order valence-electron chi connectivity index (χ4n) is 24.7. The van der Waals surface area contributed by atoms with Gasteiger partial charge in [0, 0.05) is 119 Å². The SMILES string of the molecule is c1ccc(-c2cccc(-c3nc(-n4c5cccc6c7cccc8c9ccccc9n(c9cccc4c9c65)c78)nc4c3ccc3ccccc34)c2)cc1.c1ccc(-c2nc3c(ccc4ccccc43)nc2-n2c3cccc4c5cccc6c7ccccc7n(c7cccc2c7c43)c56)cc1.c1ccc(-c2nc3ccc4ccccc4c3nc2-n2c3cccc4c5cccc6c7ccccc7n(c7cccc2c7c43)c56)cc1. The van der Waals surface area contributed by atoms with Crippen LogP contribution in [0.4, 0.5) is 0 Å². The topological polar surface area (TPSA) is 105 Å². The summed E-state index contributed by atoms with van der Waals surface area (Å²) >= 11 is 0. The first-order valence-corrected chi connectivity index (χ1v) is 49.2. The predicted octanol–water partition coefficient (Wildman–Crippen LogP) is 33.8. The van der Waals surface area contributed by atoms with Gasteiger partial charge in [0.15, 0.2) is 11.6 Å². The van der Waals surface area contributed by atoms with Crippen molar-refractivity contribution in [1.29, 1.82) is 0 Å². The summed E-state index contributed by atoms with van der Waals surface area (Å²) in [6.07, 6.45) is 0. The number of aromatic nitrogens is 12. The smallest absolute Gasteiger partial charge is 0.235 e. The molecule has 0 radical (unpaired) electrons. The Morgan fingerprint density at radius 1 is 0.146 bits per heavy atom. The molecule has 0 saturated carbocycles. The van der Waals surface area contributed by atoms with E-state index in [1.807, 2.05) is 0 Å². The van der Waals surface area contributed by atoms with Crippen LogP contribution >= 0.6 is 0 Å². The molecule has 0 saturated heterocycles. The molecule has 664 valence electrons. The lowest BCUT2D eigenvalue weighted by atomic mass is 9.98. The van der Waals surface area contributed by atoms with Crippen molar-refractivity contribution in [2.24, 2.45) is 0 Å². The van der Waals surface area contributed by atoms with Crippen LogP contribution in [0.2, 0.25) is 0 Å². The Balaban J connectivity index is 0.0000000969. The number of benzene rings is 22. The molecule has 0 bridgehead atoms. The number of hydrogen-bond acceptors (Lipinski definition) is 6. The van der Waals surface area contributed by atoms with Crippen molar-refractivity contribution in [1.82, 2.24) is 56.8 Å². The van der Waals surface area contributed by atoms with Gasteiger partial charge in [-0.05, 0) is 141 Å². The predicted molar refractivity (Wildman–Crippen MR) is 600 cm³/mol. The van der Waals surface area contributed by atoms with Crippen molar-refractivity contribution in [2.45, 2.75) is 0 Å². The van der Waals surface area contributed by atoms with Gasteiger partial charge in [0.25, 0.3) is 0 Å². The third kappa shape index (κ3) is 11.0. The van der Waals surface area contributed by atoms with Crippen LogP contribution in [0.3, 0.4) is 0 Å². The van der Waals surface area contributed by atoms with Gasteiger partial charge in [-0.2, -0.15) is 0 Å². The molecule has 0 aliphatic carbocycles. The van der Waals surface area contributed by atoms with E-state index in [0.717, 1.165) is 149 Å². The molecule has 12 heterocycles. The van der Waals surface area contributed by atoms with Crippen LogP contribution < -0.4 is 0 Å². The van der Waals surface area contributed by atoms with E-state index in [-0.39, 0.29) is 0 Å². The lowest BCUT2D eigenvalue weighted by Crippen LogP contribution is -2.04. The highest BCUT2D eigenvalue weighted by Crippen LogP contribution is 2.51. The second kappa shape index (κ2) is 30.0. The molecular weight excluding hydrogens is 1750 g/mol. The zero-order valence-corrected chi connectivity index (χ0v) is 77.2. The van der Waals surface area contributed by atoms with E-state index < -0.39 is 0 Å². The van der Waals surface area contributed by atoms with E-state index >= 15 is 0 Å². The van der Waals surface area contributed by atoms with Crippen LogP contribution in [0.5, 0.6) is 0 Å². The number of hydrogen-bond donors (Lipinski definition) is 0. The van der Waals surface area contributed by atoms with Crippen molar-refractivity contribution in [3.63, 3.8) is 0 Å². The Kier molecular flexibility index (Phi) is 16.3. The average Bonchev–Trinajstić information content (AvgIpc) is 1.53. The minimum Gasteiger partial charge on any atom is -0.308 e. The Morgan fingerprint density at radius 2 is 0.444 bits per heavy atom. The van der Waals surface area contributed by atoms with Crippen LogP contribution in [0.25, 0.3) is 307 Å². The largest absolute Gasteiger partial charge is 0.308 e. The molecule has 12 heteroatoms. The summed E-state index contributed by atoms with van der Waals surface area (Å²) in [7, 11) is 0. The van der Waals surface area contributed by atoms with Gasteiger partial charge in [0.1, 0.15) is 11.4 Å². The molecule has 0 fully saturated rings. The maximum absolute atomic E-state index is 5.54. The minimum atomic E-state index is 0.662. The molecule has 144 heavy (non-hydrogen) atoms. The Labute approximate surface area is 819 Å². The van der Waals surface area contributed by atoms with Crippen molar-refractivity contribution >= 4 is 245 Å². The molecule has 0 unspecified atom stereocenters. The lowest BCUT2D eigenvalue weighted by Gasteiger charge is -2.15. The zero-order valence-electron chi connectivity index (χ0n) is 77.2. The molecule has 22 aromatic carbocycles. The van der Waals surface area contributed by atoms with Crippen molar-refractivity contribution in [2.75, 3.05) is 0 Å². The van der Waals surface area contributed by atoms with E-state index in [2.05, 4.69) is 488 Å². The first kappa shape index (κ1) is 78.5. The van der Waals surface area contributed by atoms with Crippen LogP contribution in [-0.2, 0) is 0 Å². The maximum Gasteiger partial charge on any atom is 0.235 e. The molecule has 34 rings (SSSR count). The Morgan fingerprint density at radius 3 is 0.910 bits per heavy atom. The summed E-state index contributed by atoms with van der Waals surface area (Å²) in [6, 6.07) is 165. The molecule has 0 aliphatic rings. The summed E-state index contributed by atoms with van der Waals surface area (Å²) in [5.74, 6) is 2.33. The summed E-state index contributed by atoms with van der Waals surface area (Å²) in [4.78, 5) is 32.8. The van der Waals surface area contributed by atoms with E-state index in [1.54, 1.807) is 0 Å². The van der Waals surface area contributed by atoms with Gasteiger partial charge in [-0.25, -0.2) is 29.9 Å². The molecule has 0 amide bonds. The fourth-order valence-corrected chi connectivity index (χ4v) is 24.7. The molecule has 0 aliphatic heterocycles. The van der Waals surface area contributed by atoms with Crippen LogP contribution in [0.15, 0.2) is 461 Å². The zero-order chi connectivity index (χ0) is 93.8. The van der Waals surface area contributed by atoms with E-state index in [1.165, 1.54) is 152 Å². The number of nitrogens with zero attached hydrogens (tertiary/aromatic N) is 12. The van der Waals surface area contributed by atoms with Crippen molar-refractivity contribution in [3.05, 3.63) is 461 Å². The van der Waals surface area contributed by atoms with E-state index in [0.29, 0.717) is 5.95 Å². The van der Waals surface area contributed by atoms with Crippen LogP contribution in [0, 0.1) is 0 Å². The molecule has 34 aromatic rings. The summed E-state index contributed by atoms with van der Waals surface area (Å²) in [6.45, 7) is 0. The first-order chi connectivity index (χ1) is 71.5. The molecule has 0 spiro atoms. The third-order valence-corrected chi connectivity index (χ3v) is 30.7. The Hall–Kier alpha value is -19.6. The third-order valence-electron chi connectivity index (χ3n) is 30.7. The quantitative estimate of drug-likeness (QED) is 0.147. The second-order valence-corrected chi connectivity index (χ2v) is 38.1. The van der Waals surface area contributed by atoms with E-state index in [4.69, 9.17) is 29.9 Å². The van der Waals surface area contributed by atoms with Gasteiger partial charge >= 0.3 is 0 Å². The van der Waals surface area contributed by atoms with E-state index in [9.17, 15) is 0 Å². The molecule has 0 atom stereocenters. The number of rotatable bonds is 7. The van der Waals surface area contributed by atoms with Gasteiger partial charge < -0.3 is 13.2 Å². The summed E-state index contributed by atoms with van der Waals surface area (Å²) < 4.78 is 14.4. The van der Waals surface area contributed by atoms with Gasteiger partial charge in [-0.3, -0.25) is 13.7 Å². The van der Waals surface area contributed by atoms with Gasteiger partial charge in [-0.1, -0.05) is 364 Å². The average molecular weight is 1830 g/mol.